The lowest BCUT2D eigenvalue weighted by Crippen LogP contribution is -2.38. The highest BCUT2D eigenvalue weighted by Crippen LogP contribution is 2.16. The van der Waals surface area contributed by atoms with Gasteiger partial charge >= 0.3 is 0 Å². The summed E-state index contributed by atoms with van der Waals surface area (Å²) in [6.07, 6.45) is 7.41. The van der Waals surface area contributed by atoms with E-state index in [0.29, 0.717) is 0 Å². The van der Waals surface area contributed by atoms with Gasteiger partial charge in [0.05, 0.1) is 5.92 Å². The number of carbonyl (C=O) groups is 1. The van der Waals surface area contributed by atoms with Crippen LogP contribution in [0.2, 0.25) is 0 Å². The van der Waals surface area contributed by atoms with Gasteiger partial charge in [0, 0.05) is 19.1 Å². The predicted octanol–water partition coefficient (Wildman–Crippen LogP) is 1.37. The highest BCUT2D eigenvalue weighted by Gasteiger charge is 2.21. The molecule has 2 fully saturated rings. The zero-order valence-electron chi connectivity index (χ0n) is 12.3. The first-order chi connectivity index (χ1) is 9.27. The van der Waals surface area contributed by atoms with Gasteiger partial charge in [-0.05, 0) is 58.7 Å². The fourth-order valence-electron chi connectivity index (χ4n) is 3.16. The first-order valence-corrected chi connectivity index (χ1v) is 8.00. The Morgan fingerprint density at radius 2 is 2.21 bits per heavy atom. The van der Waals surface area contributed by atoms with Crippen LogP contribution in [0.3, 0.4) is 0 Å². The van der Waals surface area contributed by atoms with Gasteiger partial charge in [0.25, 0.3) is 0 Å². The van der Waals surface area contributed by atoms with E-state index in [-0.39, 0.29) is 11.8 Å². The lowest BCUT2D eigenvalue weighted by atomic mass is 10.0. The first-order valence-electron chi connectivity index (χ1n) is 8.00. The van der Waals surface area contributed by atoms with Crippen molar-refractivity contribution in [1.82, 2.24) is 15.5 Å². The Morgan fingerprint density at radius 1 is 1.32 bits per heavy atom. The van der Waals surface area contributed by atoms with E-state index in [1.165, 1.54) is 38.8 Å². The molecule has 0 aromatic heterocycles. The molecule has 110 valence electrons. The molecule has 0 aliphatic carbocycles. The molecule has 0 aromatic carbocycles. The second kappa shape index (κ2) is 7.85. The maximum atomic E-state index is 11.8. The topological polar surface area (TPSA) is 44.4 Å². The molecule has 2 rings (SSSR count). The second-order valence-corrected chi connectivity index (χ2v) is 6.07. The quantitative estimate of drug-likeness (QED) is 0.714. The van der Waals surface area contributed by atoms with Gasteiger partial charge in [-0.2, -0.15) is 0 Å². The average Bonchev–Trinajstić information content (AvgIpc) is 2.94. The number of rotatable bonds is 6. The van der Waals surface area contributed by atoms with Crippen LogP contribution in [0.4, 0.5) is 0 Å². The lowest BCUT2D eigenvalue weighted by Gasteiger charge is -2.33. The summed E-state index contributed by atoms with van der Waals surface area (Å²) in [5.41, 5.74) is 0. The summed E-state index contributed by atoms with van der Waals surface area (Å²) in [4.78, 5) is 14.4. The number of nitrogens with zero attached hydrogens (tertiary/aromatic N) is 1. The summed E-state index contributed by atoms with van der Waals surface area (Å²) in [6.45, 7) is 7.50. The van der Waals surface area contributed by atoms with E-state index in [1.807, 2.05) is 0 Å². The van der Waals surface area contributed by atoms with Crippen LogP contribution in [0.5, 0.6) is 0 Å². The van der Waals surface area contributed by atoms with Crippen molar-refractivity contribution < 1.29 is 4.79 Å². The van der Waals surface area contributed by atoms with E-state index in [1.54, 1.807) is 0 Å². The summed E-state index contributed by atoms with van der Waals surface area (Å²) in [7, 11) is 0. The van der Waals surface area contributed by atoms with E-state index in [2.05, 4.69) is 22.5 Å². The molecule has 4 nitrogen and oxygen atoms in total. The van der Waals surface area contributed by atoms with Crippen molar-refractivity contribution in [2.75, 3.05) is 32.7 Å². The van der Waals surface area contributed by atoms with E-state index in [4.69, 9.17) is 0 Å². The Morgan fingerprint density at radius 3 is 2.95 bits per heavy atom. The van der Waals surface area contributed by atoms with E-state index in [9.17, 15) is 4.79 Å². The molecule has 0 aromatic rings. The molecule has 2 saturated heterocycles. The molecule has 0 saturated carbocycles. The number of amides is 1. The van der Waals surface area contributed by atoms with Gasteiger partial charge in [-0.1, -0.05) is 6.42 Å². The lowest BCUT2D eigenvalue weighted by molar-refractivity contribution is -0.124. The van der Waals surface area contributed by atoms with Crippen molar-refractivity contribution in [2.24, 2.45) is 5.92 Å². The van der Waals surface area contributed by atoms with Crippen molar-refractivity contribution in [3.05, 3.63) is 0 Å². The first kappa shape index (κ1) is 14.8. The minimum Gasteiger partial charge on any atom is -0.356 e. The largest absolute Gasteiger partial charge is 0.356 e. The van der Waals surface area contributed by atoms with Crippen LogP contribution >= 0.6 is 0 Å². The number of nitrogens with one attached hydrogen (secondary N) is 2. The summed E-state index contributed by atoms with van der Waals surface area (Å²) in [5.74, 6) is 0.457. The zero-order valence-corrected chi connectivity index (χ0v) is 12.3. The van der Waals surface area contributed by atoms with Crippen molar-refractivity contribution in [3.8, 4) is 0 Å². The van der Waals surface area contributed by atoms with Crippen molar-refractivity contribution in [2.45, 2.75) is 51.5 Å². The minimum atomic E-state index is 0.210. The fourth-order valence-corrected chi connectivity index (χ4v) is 3.16. The number of unbranched alkanes of at least 4 members (excludes halogenated alkanes) is 1. The minimum absolute atomic E-state index is 0.210. The van der Waals surface area contributed by atoms with Crippen molar-refractivity contribution in [1.29, 1.82) is 0 Å². The zero-order chi connectivity index (χ0) is 13.5. The molecule has 0 radical (unpaired) electrons. The van der Waals surface area contributed by atoms with Crippen LogP contribution in [-0.2, 0) is 4.79 Å². The monoisotopic (exact) mass is 267 g/mol. The third kappa shape index (κ3) is 4.77. The maximum Gasteiger partial charge on any atom is 0.224 e. The van der Waals surface area contributed by atoms with Gasteiger partial charge in [-0.15, -0.1) is 0 Å². The molecule has 0 bridgehead atoms. The highest BCUT2D eigenvalue weighted by atomic mass is 16.1. The van der Waals surface area contributed by atoms with Crippen LogP contribution < -0.4 is 10.6 Å². The van der Waals surface area contributed by atoms with E-state index >= 15 is 0 Å². The van der Waals surface area contributed by atoms with Crippen molar-refractivity contribution in [3.63, 3.8) is 0 Å². The average molecular weight is 267 g/mol. The van der Waals surface area contributed by atoms with E-state index < -0.39 is 0 Å². The van der Waals surface area contributed by atoms with Gasteiger partial charge in [0.2, 0.25) is 5.91 Å². The number of carbonyl (C=O) groups excluding carboxylic acids is 1. The highest BCUT2D eigenvalue weighted by molar-refractivity contribution is 5.79. The Balaban J connectivity index is 1.50. The van der Waals surface area contributed by atoms with Gasteiger partial charge < -0.3 is 15.5 Å². The van der Waals surface area contributed by atoms with Crippen LogP contribution in [0.25, 0.3) is 0 Å². The molecule has 0 spiro atoms. The third-order valence-corrected chi connectivity index (χ3v) is 4.54. The summed E-state index contributed by atoms with van der Waals surface area (Å²) >= 11 is 0. The Bertz CT molecular complexity index is 277. The van der Waals surface area contributed by atoms with Crippen LogP contribution in [0.15, 0.2) is 0 Å². The SMILES string of the molecule is CC1CCCCN1CCCCNC(=O)C1CCNC1. The van der Waals surface area contributed by atoms with Crippen LogP contribution in [0, 0.1) is 5.92 Å². The molecule has 2 atom stereocenters. The number of likely N-dealkylation sites (tertiary alicyclic amines) is 1. The molecule has 2 aliphatic rings. The summed E-state index contributed by atoms with van der Waals surface area (Å²) in [5, 5.41) is 6.31. The van der Waals surface area contributed by atoms with Crippen molar-refractivity contribution >= 4 is 5.91 Å². The van der Waals surface area contributed by atoms with Gasteiger partial charge in [-0.3, -0.25) is 4.79 Å². The Hall–Kier alpha value is -0.610. The molecule has 2 unspecified atom stereocenters. The second-order valence-electron chi connectivity index (χ2n) is 6.07. The molecule has 2 heterocycles. The third-order valence-electron chi connectivity index (χ3n) is 4.54. The summed E-state index contributed by atoms with van der Waals surface area (Å²) < 4.78 is 0. The summed E-state index contributed by atoms with van der Waals surface area (Å²) in [6, 6.07) is 0.757. The number of piperidine rings is 1. The Kier molecular flexibility index (Phi) is 6.11. The van der Waals surface area contributed by atoms with Crippen LogP contribution in [-0.4, -0.2) is 49.6 Å². The molecular formula is C15H29N3O. The van der Waals surface area contributed by atoms with Gasteiger partial charge in [-0.25, -0.2) is 0 Å². The molecular weight excluding hydrogens is 238 g/mol. The van der Waals surface area contributed by atoms with E-state index in [0.717, 1.165) is 38.5 Å². The standard InChI is InChI=1S/C15H29N3O/c1-13-6-2-4-10-18(13)11-5-3-8-17-15(19)14-7-9-16-12-14/h13-14,16H,2-12H2,1H3,(H,17,19). The molecule has 2 aliphatic heterocycles. The molecule has 4 heteroatoms. The Labute approximate surface area is 117 Å². The molecule has 2 N–H and O–H groups in total. The number of hydrogen-bond acceptors (Lipinski definition) is 3. The fraction of sp³-hybridized carbons (Fsp3) is 0.933. The molecule has 19 heavy (non-hydrogen) atoms. The van der Waals surface area contributed by atoms with Crippen LogP contribution in [0.1, 0.15) is 45.4 Å². The van der Waals surface area contributed by atoms with Gasteiger partial charge in [0.1, 0.15) is 0 Å². The predicted molar refractivity (Wildman–Crippen MR) is 78.1 cm³/mol. The van der Waals surface area contributed by atoms with Gasteiger partial charge in [0.15, 0.2) is 0 Å². The smallest absolute Gasteiger partial charge is 0.224 e. The number of hydrogen-bond donors (Lipinski definition) is 2. The normalized spacial score (nSPS) is 28.5. The molecule has 1 amide bonds. The maximum absolute atomic E-state index is 11.8.